The second-order valence-electron chi connectivity index (χ2n) is 6.94. The van der Waals surface area contributed by atoms with Crippen molar-refractivity contribution in [2.75, 3.05) is 10.6 Å². The maximum absolute atomic E-state index is 12.1. The zero-order chi connectivity index (χ0) is 18.5. The molecule has 1 aliphatic rings. The lowest BCUT2D eigenvalue weighted by molar-refractivity contribution is 0.262. The molecule has 1 heterocycles. The van der Waals surface area contributed by atoms with Crippen molar-refractivity contribution < 1.29 is 4.79 Å². The Balaban J connectivity index is 1.39. The van der Waals surface area contributed by atoms with Gasteiger partial charge in [-0.1, -0.05) is 61.7 Å². The molecule has 4 nitrogen and oxygen atoms in total. The van der Waals surface area contributed by atoms with Crippen molar-refractivity contribution >= 4 is 28.2 Å². The molecule has 0 aliphatic heterocycles. The number of thiazole rings is 1. The van der Waals surface area contributed by atoms with Crippen molar-refractivity contribution in [1.29, 1.82) is 0 Å². The molecule has 0 atom stereocenters. The Bertz CT molecular complexity index is 883. The molecule has 2 amide bonds. The fourth-order valence-corrected chi connectivity index (χ4v) is 4.32. The fourth-order valence-electron chi connectivity index (χ4n) is 3.61. The molecule has 0 saturated heterocycles. The number of nitrogens with one attached hydrogen (secondary N) is 2. The van der Waals surface area contributed by atoms with Gasteiger partial charge in [0.15, 0.2) is 5.13 Å². The summed E-state index contributed by atoms with van der Waals surface area (Å²) in [7, 11) is 0. The normalized spacial score (nSPS) is 14.7. The van der Waals surface area contributed by atoms with E-state index in [0.717, 1.165) is 16.9 Å². The van der Waals surface area contributed by atoms with Gasteiger partial charge < -0.3 is 5.32 Å². The van der Waals surface area contributed by atoms with Gasteiger partial charge in [-0.25, -0.2) is 9.78 Å². The molecule has 0 spiro atoms. The minimum absolute atomic E-state index is 0.283. The lowest BCUT2D eigenvalue weighted by Gasteiger charge is -2.22. The Morgan fingerprint density at radius 1 is 0.926 bits per heavy atom. The minimum atomic E-state index is -0.283. The highest BCUT2D eigenvalue weighted by Gasteiger charge is 2.15. The molecule has 138 valence electrons. The molecule has 2 N–H and O–H groups in total. The summed E-state index contributed by atoms with van der Waals surface area (Å²) < 4.78 is 0. The van der Waals surface area contributed by atoms with Crippen LogP contribution in [0.4, 0.5) is 15.6 Å². The van der Waals surface area contributed by atoms with E-state index in [1.807, 2.05) is 35.7 Å². The number of aromatic nitrogens is 1. The van der Waals surface area contributed by atoms with E-state index in [2.05, 4.69) is 39.9 Å². The van der Waals surface area contributed by atoms with Gasteiger partial charge in [-0.2, -0.15) is 0 Å². The van der Waals surface area contributed by atoms with Crippen LogP contribution in [0, 0.1) is 0 Å². The number of para-hydroxylation sites is 1. The summed E-state index contributed by atoms with van der Waals surface area (Å²) in [5, 5.41) is 8.17. The van der Waals surface area contributed by atoms with Crippen molar-refractivity contribution in [2.24, 2.45) is 0 Å². The quantitative estimate of drug-likeness (QED) is 0.545. The third kappa shape index (κ3) is 4.55. The third-order valence-electron chi connectivity index (χ3n) is 5.04. The van der Waals surface area contributed by atoms with Crippen LogP contribution in [-0.2, 0) is 0 Å². The predicted molar refractivity (Wildman–Crippen MR) is 112 cm³/mol. The Kier molecular flexibility index (Phi) is 5.49. The lowest BCUT2D eigenvalue weighted by atomic mass is 9.84. The first kappa shape index (κ1) is 17.7. The van der Waals surface area contributed by atoms with Crippen molar-refractivity contribution in [1.82, 2.24) is 4.98 Å². The molecule has 1 aliphatic carbocycles. The summed E-state index contributed by atoms with van der Waals surface area (Å²) in [6, 6.07) is 17.9. The molecular formula is C22H23N3OS. The van der Waals surface area contributed by atoms with E-state index in [9.17, 15) is 4.79 Å². The molecule has 0 radical (unpaired) electrons. The summed E-state index contributed by atoms with van der Waals surface area (Å²) in [5.41, 5.74) is 4.17. The smallest absolute Gasteiger partial charge is 0.308 e. The van der Waals surface area contributed by atoms with Crippen LogP contribution in [0.25, 0.3) is 11.3 Å². The predicted octanol–water partition coefficient (Wildman–Crippen LogP) is 6.50. The van der Waals surface area contributed by atoms with Crippen LogP contribution >= 0.6 is 11.3 Å². The molecule has 0 bridgehead atoms. The highest BCUT2D eigenvalue weighted by molar-refractivity contribution is 7.14. The SMILES string of the molecule is O=C(Nc1ccccc1)Nc1nc(-c2ccc(C3CCCCC3)cc2)cs1. The largest absolute Gasteiger partial charge is 0.325 e. The maximum Gasteiger partial charge on any atom is 0.325 e. The Hall–Kier alpha value is -2.66. The first-order valence-corrected chi connectivity index (χ1v) is 10.3. The van der Waals surface area contributed by atoms with Gasteiger partial charge in [-0.05, 0) is 36.5 Å². The van der Waals surface area contributed by atoms with Crippen LogP contribution in [0.2, 0.25) is 0 Å². The van der Waals surface area contributed by atoms with E-state index < -0.39 is 0 Å². The highest BCUT2D eigenvalue weighted by atomic mass is 32.1. The average Bonchev–Trinajstić information content (AvgIpc) is 3.18. The second kappa shape index (κ2) is 8.35. The van der Waals surface area contributed by atoms with Crippen LogP contribution in [0.3, 0.4) is 0 Å². The molecule has 1 saturated carbocycles. The zero-order valence-electron chi connectivity index (χ0n) is 15.2. The lowest BCUT2D eigenvalue weighted by Crippen LogP contribution is -2.19. The van der Waals surface area contributed by atoms with Crippen LogP contribution < -0.4 is 10.6 Å². The topological polar surface area (TPSA) is 54.0 Å². The van der Waals surface area contributed by atoms with E-state index in [4.69, 9.17) is 0 Å². The molecule has 27 heavy (non-hydrogen) atoms. The van der Waals surface area contributed by atoms with E-state index >= 15 is 0 Å². The number of benzene rings is 2. The molecule has 4 rings (SSSR count). The molecular weight excluding hydrogens is 354 g/mol. The van der Waals surface area contributed by atoms with Crippen molar-refractivity contribution in [3.8, 4) is 11.3 Å². The van der Waals surface area contributed by atoms with E-state index in [-0.39, 0.29) is 6.03 Å². The number of nitrogens with zero attached hydrogens (tertiary/aromatic N) is 1. The van der Waals surface area contributed by atoms with E-state index in [0.29, 0.717) is 11.0 Å². The van der Waals surface area contributed by atoms with Gasteiger partial charge in [0.1, 0.15) is 0 Å². The van der Waals surface area contributed by atoms with Gasteiger partial charge >= 0.3 is 6.03 Å². The molecule has 5 heteroatoms. The Morgan fingerprint density at radius 3 is 2.41 bits per heavy atom. The highest BCUT2D eigenvalue weighted by Crippen LogP contribution is 2.34. The van der Waals surface area contributed by atoms with E-state index in [1.165, 1.54) is 49.0 Å². The number of hydrogen-bond donors (Lipinski definition) is 2. The molecule has 0 unspecified atom stereocenters. The standard InChI is InChI=1S/C22H23N3OS/c26-21(23-19-9-5-2-6-10-19)25-22-24-20(15-27-22)18-13-11-17(12-14-18)16-7-3-1-4-8-16/h2,5-6,9-16H,1,3-4,7-8H2,(H2,23,24,25,26). The van der Waals surface area contributed by atoms with Gasteiger partial charge in [-0.3, -0.25) is 5.32 Å². The number of rotatable bonds is 4. The van der Waals surface area contributed by atoms with Gasteiger partial charge in [-0.15, -0.1) is 11.3 Å². The Labute approximate surface area is 163 Å². The fraction of sp³-hybridized carbons (Fsp3) is 0.273. The van der Waals surface area contributed by atoms with Gasteiger partial charge in [0, 0.05) is 16.6 Å². The van der Waals surface area contributed by atoms with Crippen molar-refractivity contribution in [3.63, 3.8) is 0 Å². The average molecular weight is 378 g/mol. The monoisotopic (exact) mass is 377 g/mol. The van der Waals surface area contributed by atoms with Crippen LogP contribution in [-0.4, -0.2) is 11.0 Å². The minimum Gasteiger partial charge on any atom is -0.308 e. The number of hydrogen-bond acceptors (Lipinski definition) is 3. The maximum atomic E-state index is 12.1. The first-order chi connectivity index (χ1) is 13.3. The molecule has 1 aromatic heterocycles. The molecule has 3 aromatic rings. The Morgan fingerprint density at radius 2 is 1.67 bits per heavy atom. The summed E-state index contributed by atoms with van der Waals surface area (Å²) in [6.07, 6.45) is 6.68. The number of carbonyl (C=O) groups is 1. The number of urea groups is 1. The van der Waals surface area contributed by atoms with Gasteiger partial charge in [0.2, 0.25) is 0 Å². The summed E-state index contributed by atoms with van der Waals surface area (Å²) in [5.74, 6) is 0.710. The summed E-state index contributed by atoms with van der Waals surface area (Å²) in [6.45, 7) is 0. The number of amides is 2. The van der Waals surface area contributed by atoms with Crippen LogP contribution in [0.1, 0.15) is 43.6 Å². The summed E-state index contributed by atoms with van der Waals surface area (Å²) in [4.78, 5) is 16.6. The van der Waals surface area contributed by atoms with E-state index in [1.54, 1.807) is 0 Å². The first-order valence-electron chi connectivity index (χ1n) is 9.47. The number of anilines is 2. The summed E-state index contributed by atoms with van der Waals surface area (Å²) >= 11 is 1.43. The van der Waals surface area contributed by atoms with Crippen LogP contribution in [0.5, 0.6) is 0 Å². The zero-order valence-corrected chi connectivity index (χ0v) is 16.0. The van der Waals surface area contributed by atoms with Gasteiger partial charge in [0.05, 0.1) is 5.69 Å². The second-order valence-corrected chi connectivity index (χ2v) is 7.80. The molecule has 1 fully saturated rings. The van der Waals surface area contributed by atoms with Crippen LogP contribution in [0.15, 0.2) is 60.0 Å². The van der Waals surface area contributed by atoms with Crippen molar-refractivity contribution in [2.45, 2.75) is 38.0 Å². The third-order valence-corrected chi connectivity index (χ3v) is 5.80. The molecule has 2 aromatic carbocycles. The van der Waals surface area contributed by atoms with Crippen molar-refractivity contribution in [3.05, 3.63) is 65.5 Å². The van der Waals surface area contributed by atoms with Gasteiger partial charge in [0.25, 0.3) is 0 Å². The number of carbonyl (C=O) groups excluding carboxylic acids is 1.